The van der Waals surface area contributed by atoms with Crippen LogP contribution in [0.2, 0.25) is 0 Å². The number of hydrogen-bond acceptors (Lipinski definition) is 3. The van der Waals surface area contributed by atoms with Crippen LogP contribution < -0.4 is 4.74 Å². The second-order valence-electron chi connectivity index (χ2n) is 5.72. The zero-order valence-corrected chi connectivity index (χ0v) is 15.5. The molecule has 2 aromatic carbocycles. The van der Waals surface area contributed by atoms with Gasteiger partial charge in [0.1, 0.15) is 5.75 Å². The van der Waals surface area contributed by atoms with Crippen LogP contribution in [0, 0.1) is 0 Å². The number of nitrogens with zero attached hydrogens (tertiary/aromatic N) is 1. The molecule has 0 aliphatic heterocycles. The van der Waals surface area contributed by atoms with Crippen molar-refractivity contribution >= 4 is 21.9 Å². The lowest BCUT2D eigenvalue weighted by Crippen LogP contribution is -2.08. The van der Waals surface area contributed by atoms with Crippen LogP contribution in [0.5, 0.6) is 5.75 Å². The molecule has 25 heavy (non-hydrogen) atoms. The van der Waals surface area contributed by atoms with Crippen LogP contribution in [-0.2, 0) is 6.42 Å². The molecule has 0 spiro atoms. The summed E-state index contributed by atoms with van der Waals surface area (Å²) in [7, 11) is 0. The minimum absolute atomic E-state index is 0.373. The number of carbonyl (C=O) groups is 1. The number of esters is 1. The number of hydrogen-bond donors (Lipinski definition) is 0. The first-order chi connectivity index (χ1) is 12.2. The van der Waals surface area contributed by atoms with Crippen molar-refractivity contribution < 1.29 is 9.53 Å². The van der Waals surface area contributed by atoms with Crippen LogP contribution in [0.1, 0.15) is 29.3 Å². The quantitative estimate of drug-likeness (QED) is 0.411. The van der Waals surface area contributed by atoms with Gasteiger partial charge >= 0.3 is 5.97 Å². The Kier molecular flexibility index (Phi) is 5.61. The van der Waals surface area contributed by atoms with E-state index in [9.17, 15) is 4.79 Å². The van der Waals surface area contributed by atoms with Gasteiger partial charge in [-0.05, 0) is 66.6 Å². The summed E-state index contributed by atoms with van der Waals surface area (Å²) < 4.78 is 6.33. The highest BCUT2D eigenvalue weighted by Gasteiger charge is 2.08. The van der Waals surface area contributed by atoms with Gasteiger partial charge in [-0.1, -0.05) is 35.3 Å². The smallest absolute Gasteiger partial charge is 0.343 e. The zero-order valence-electron chi connectivity index (χ0n) is 13.9. The Bertz CT molecular complexity index is 841. The second-order valence-corrected chi connectivity index (χ2v) is 6.64. The molecule has 0 saturated carbocycles. The Labute approximate surface area is 155 Å². The average Bonchev–Trinajstić information content (AvgIpc) is 2.64. The molecule has 0 aliphatic carbocycles. The van der Waals surface area contributed by atoms with E-state index in [0.717, 1.165) is 28.6 Å². The largest absolute Gasteiger partial charge is 0.423 e. The van der Waals surface area contributed by atoms with Crippen LogP contribution in [-0.4, -0.2) is 11.0 Å². The highest BCUT2D eigenvalue weighted by atomic mass is 79.9. The summed E-state index contributed by atoms with van der Waals surface area (Å²) in [5.41, 5.74) is 3.66. The predicted molar refractivity (Wildman–Crippen MR) is 103 cm³/mol. The highest BCUT2D eigenvalue weighted by Crippen LogP contribution is 2.22. The van der Waals surface area contributed by atoms with E-state index < -0.39 is 0 Å². The topological polar surface area (TPSA) is 39.2 Å². The molecule has 0 saturated heterocycles. The molecular formula is C21H18BrNO2. The van der Waals surface area contributed by atoms with Gasteiger partial charge in [0.2, 0.25) is 0 Å². The van der Waals surface area contributed by atoms with Crippen molar-refractivity contribution in [1.82, 2.24) is 4.98 Å². The number of halogens is 1. The van der Waals surface area contributed by atoms with Crippen molar-refractivity contribution in [3.05, 3.63) is 82.5 Å². The van der Waals surface area contributed by atoms with Crippen molar-refractivity contribution in [3.63, 3.8) is 0 Å². The van der Waals surface area contributed by atoms with E-state index >= 15 is 0 Å². The summed E-state index contributed by atoms with van der Waals surface area (Å²) in [4.78, 5) is 16.6. The standard InChI is InChI=1S/C21H18BrNO2/c1-2-3-15-4-13-20(23-14-15)16-7-11-19(12-8-16)25-21(24)17-5-9-18(22)10-6-17/h4-14H,2-3H2,1H3. The molecule has 0 fully saturated rings. The van der Waals surface area contributed by atoms with Crippen LogP contribution >= 0.6 is 15.9 Å². The molecule has 126 valence electrons. The Morgan fingerprint density at radius 1 is 1.00 bits per heavy atom. The maximum atomic E-state index is 12.1. The molecule has 0 bridgehead atoms. The normalized spacial score (nSPS) is 10.5. The van der Waals surface area contributed by atoms with Crippen molar-refractivity contribution in [2.75, 3.05) is 0 Å². The summed E-state index contributed by atoms with van der Waals surface area (Å²) in [5.74, 6) is 0.140. The monoisotopic (exact) mass is 395 g/mol. The summed E-state index contributed by atoms with van der Waals surface area (Å²) in [6.07, 6.45) is 4.07. The van der Waals surface area contributed by atoms with Crippen molar-refractivity contribution in [2.24, 2.45) is 0 Å². The Hall–Kier alpha value is -2.46. The van der Waals surface area contributed by atoms with E-state index in [-0.39, 0.29) is 5.97 Å². The molecule has 0 N–H and O–H groups in total. The van der Waals surface area contributed by atoms with Gasteiger partial charge in [0.25, 0.3) is 0 Å². The third-order valence-corrected chi connectivity index (χ3v) is 4.33. The van der Waals surface area contributed by atoms with Gasteiger partial charge in [-0.25, -0.2) is 4.79 Å². The molecule has 1 aromatic heterocycles. The molecule has 0 amide bonds. The number of ether oxygens (including phenoxy) is 1. The minimum Gasteiger partial charge on any atom is -0.423 e. The van der Waals surface area contributed by atoms with Gasteiger partial charge in [-0.15, -0.1) is 0 Å². The van der Waals surface area contributed by atoms with Crippen LogP contribution in [0.15, 0.2) is 71.3 Å². The first kappa shape index (κ1) is 17.4. The summed E-state index contributed by atoms with van der Waals surface area (Å²) in [6.45, 7) is 2.15. The minimum atomic E-state index is -0.373. The molecule has 4 heteroatoms. The first-order valence-electron chi connectivity index (χ1n) is 8.19. The number of rotatable bonds is 5. The molecule has 3 rings (SSSR count). The molecule has 0 radical (unpaired) electrons. The summed E-state index contributed by atoms with van der Waals surface area (Å²) in [6, 6.07) is 18.6. The first-order valence-corrected chi connectivity index (χ1v) is 8.98. The molecule has 0 atom stereocenters. The Balaban J connectivity index is 1.69. The van der Waals surface area contributed by atoms with Crippen molar-refractivity contribution in [3.8, 4) is 17.0 Å². The summed E-state index contributed by atoms with van der Waals surface area (Å²) >= 11 is 3.35. The number of pyridine rings is 1. The average molecular weight is 396 g/mol. The molecular weight excluding hydrogens is 378 g/mol. The van der Waals surface area contributed by atoms with E-state index in [1.807, 2.05) is 36.5 Å². The molecule has 0 unspecified atom stereocenters. The van der Waals surface area contributed by atoms with Crippen LogP contribution in [0.4, 0.5) is 0 Å². The lowest BCUT2D eigenvalue weighted by molar-refractivity contribution is 0.0735. The van der Waals surface area contributed by atoms with E-state index in [1.165, 1.54) is 5.56 Å². The molecule has 3 aromatic rings. The fourth-order valence-corrected chi connectivity index (χ4v) is 2.74. The number of carbonyl (C=O) groups excluding carboxylic acids is 1. The third-order valence-electron chi connectivity index (χ3n) is 3.80. The number of benzene rings is 2. The van der Waals surface area contributed by atoms with Gasteiger partial charge in [-0.3, -0.25) is 4.98 Å². The fourth-order valence-electron chi connectivity index (χ4n) is 2.48. The highest BCUT2D eigenvalue weighted by molar-refractivity contribution is 9.10. The van der Waals surface area contributed by atoms with Crippen molar-refractivity contribution in [2.45, 2.75) is 19.8 Å². The van der Waals surface area contributed by atoms with E-state index in [1.54, 1.807) is 24.3 Å². The van der Waals surface area contributed by atoms with Crippen molar-refractivity contribution in [1.29, 1.82) is 0 Å². The van der Waals surface area contributed by atoms with Crippen LogP contribution in [0.25, 0.3) is 11.3 Å². The predicted octanol–water partition coefficient (Wildman–Crippen LogP) is 5.68. The van der Waals surface area contributed by atoms with Gasteiger partial charge in [0.05, 0.1) is 11.3 Å². The van der Waals surface area contributed by atoms with Gasteiger partial charge in [0.15, 0.2) is 0 Å². The number of aryl methyl sites for hydroxylation is 1. The lowest BCUT2D eigenvalue weighted by atomic mass is 10.1. The fraction of sp³-hybridized carbons (Fsp3) is 0.143. The molecule has 0 aliphatic rings. The lowest BCUT2D eigenvalue weighted by Gasteiger charge is -2.06. The summed E-state index contributed by atoms with van der Waals surface area (Å²) in [5, 5.41) is 0. The molecule has 3 nitrogen and oxygen atoms in total. The SMILES string of the molecule is CCCc1ccc(-c2ccc(OC(=O)c3ccc(Br)cc3)cc2)nc1. The van der Waals surface area contributed by atoms with E-state index in [0.29, 0.717) is 11.3 Å². The Morgan fingerprint density at radius 2 is 1.72 bits per heavy atom. The van der Waals surface area contributed by atoms with Gasteiger partial charge in [-0.2, -0.15) is 0 Å². The maximum absolute atomic E-state index is 12.1. The van der Waals surface area contributed by atoms with Crippen LogP contribution in [0.3, 0.4) is 0 Å². The van der Waals surface area contributed by atoms with E-state index in [2.05, 4.69) is 33.9 Å². The number of aromatic nitrogens is 1. The second kappa shape index (κ2) is 8.08. The zero-order chi connectivity index (χ0) is 17.6. The third kappa shape index (κ3) is 4.54. The molecule has 1 heterocycles. The Morgan fingerprint density at radius 3 is 2.32 bits per heavy atom. The maximum Gasteiger partial charge on any atom is 0.343 e. The van der Waals surface area contributed by atoms with E-state index in [4.69, 9.17) is 4.74 Å². The van der Waals surface area contributed by atoms with Gasteiger partial charge in [0, 0.05) is 16.2 Å². The van der Waals surface area contributed by atoms with Gasteiger partial charge < -0.3 is 4.74 Å².